The van der Waals surface area contributed by atoms with E-state index in [9.17, 15) is 5.11 Å². The third-order valence-electron chi connectivity index (χ3n) is 4.63. The summed E-state index contributed by atoms with van der Waals surface area (Å²) in [5.41, 5.74) is 0. The van der Waals surface area contributed by atoms with E-state index >= 15 is 0 Å². The smallest absolute Gasteiger partial charge is 0.0620 e. The van der Waals surface area contributed by atoms with Crippen molar-refractivity contribution in [2.24, 2.45) is 11.8 Å². The van der Waals surface area contributed by atoms with Crippen molar-refractivity contribution in [2.45, 2.75) is 84.2 Å². The Morgan fingerprint density at radius 3 is 2.53 bits per heavy atom. The molecular weight excluding hydrogens is 240 g/mol. The van der Waals surface area contributed by atoms with Crippen LogP contribution in [0.5, 0.6) is 0 Å². The molecule has 1 fully saturated rings. The highest BCUT2D eigenvalue weighted by Gasteiger charge is 2.28. The third-order valence-corrected chi connectivity index (χ3v) is 4.63. The van der Waals surface area contributed by atoms with Gasteiger partial charge in [0.15, 0.2) is 0 Å². The number of rotatable bonds is 7. The third kappa shape index (κ3) is 5.41. The standard InChI is InChI=1S/C16H32O3/c1-6-11(2)16(17)12(3)7-8-14-10-15(18-5)9-13(4)19-14/h11-17H,6-10H2,1-5H3. The highest BCUT2D eigenvalue weighted by Crippen LogP contribution is 2.27. The van der Waals surface area contributed by atoms with Gasteiger partial charge in [0.25, 0.3) is 0 Å². The van der Waals surface area contributed by atoms with Crippen LogP contribution in [0.1, 0.15) is 59.8 Å². The van der Waals surface area contributed by atoms with Gasteiger partial charge in [-0.2, -0.15) is 0 Å². The van der Waals surface area contributed by atoms with Gasteiger partial charge in [-0.1, -0.05) is 27.2 Å². The van der Waals surface area contributed by atoms with Gasteiger partial charge in [0.05, 0.1) is 24.4 Å². The van der Waals surface area contributed by atoms with E-state index in [1.54, 1.807) is 7.11 Å². The molecule has 6 unspecified atom stereocenters. The van der Waals surface area contributed by atoms with Gasteiger partial charge >= 0.3 is 0 Å². The van der Waals surface area contributed by atoms with E-state index in [0.29, 0.717) is 30.1 Å². The Bertz CT molecular complexity index is 244. The predicted molar refractivity (Wildman–Crippen MR) is 78.2 cm³/mol. The van der Waals surface area contributed by atoms with Gasteiger partial charge in [0.1, 0.15) is 0 Å². The van der Waals surface area contributed by atoms with E-state index in [1.807, 2.05) is 0 Å². The molecule has 3 heteroatoms. The van der Waals surface area contributed by atoms with Gasteiger partial charge < -0.3 is 14.6 Å². The quantitative estimate of drug-likeness (QED) is 0.772. The highest BCUT2D eigenvalue weighted by molar-refractivity contribution is 4.78. The Kier molecular flexibility index (Phi) is 7.33. The van der Waals surface area contributed by atoms with Crippen molar-refractivity contribution in [2.75, 3.05) is 7.11 Å². The van der Waals surface area contributed by atoms with Gasteiger partial charge in [-0.15, -0.1) is 0 Å². The zero-order valence-electron chi connectivity index (χ0n) is 13.3. The number of ether oxygens (including phenoxy) is 2. The minimum absolute atomic E-state index is 0.191. The molecule has 0 aromatic heterocycles. The summed E-state index contributed by atoms with van der Waals surface area (Å²) < 4.78 is 11.4. The predicted octanol–water partition coefficient (Wildman–Crippen LogP) is 3.39. The maximum Gasteiger partial charge on any atom is 0.0620 e. The van der Waals surface area contributed by atoms with Crippen molar-refractivity contribution in [3.8, 4) is 0 Å². The summed E-state index contributed by atoms with van der Waals surface area (Å²) in [6.07, 6.45) is 5.81. The SMILES string of the molecule is CCC(C)C(O)C(C)CCC1CC(OC)CC(C)O1. The second kappa shape index (κ2) is 8.23. The number of aliphatic hydroxyl groups excluding tert-OH is 1. The summed E-state index contributed by atoms with van der Waals surface area (Å²) in [4.78, 5) is 0. The molecule has 0 saturated carbocycles. The zero-order chi connectivity index (χ0) is 14.4. The fraction of sp³-hybridized carbons (Fsp3) is 1.00. The van der Waals surface area contributed by atoms with Crippen LogP contribution >= 0.6 is 0 Å². The lowest BCUT2D eigenvalue weighted by Gasteiger charge is -2.34. The minimum atomic E-state index is -0.191. The molecule has 0 spiro atoms. The van der Waals surface area contributed by atoms with E-state index < -0.39 is 0 Å². The molecule has 3 nitrogen and oxygen atoms in total. The molecule has 0 amide bonds. The Balaban J connectivity index is 2.34. The summed E-state index contributed by atoms with van der Waals surface area (Å²) in [5.74, 6) is 0.727. The fourth-order valence-electron chi connectivity index (χ4n) is 3.00. The number of hydrogen-bond acceptors (Lipinski definition) is 3. The van der Waals surface area contributed by atoms with Crippen molar-refractivity contribution in [1.29, 1.82) is 0 Å². The van der Waals surface area contributed by atoms with Gasteiger partial charge in [0, 0.05) is 7.11 Å². The summed E-state index contributed by atoms with van der Waals surface area (Å²) in [7, 11) is 1.79. The molecule has 0 radical (unpaired) electrons. The fourth-order valence-corrected chi connectivity index (χ4v) is 3.00. The monoisotopic (exact) mass is 272 g/mol. The molecule has 1 aliphatic rings. The number of hydrogen-bond donors (Lipinski definition) is 1. The van der Waals surface area contributed by atoms with Crippen LogP contribution < -0.4 is 0 Å². The lowest BCUT2D eigenvalue weighted by molar-refractivity contribution is -0.103. The first kappa shape index (κ1) is 16.9. The van der Waals surface area contributed by atoms with Crippen LogP contribution in [-0.4, -0.2) is 36.6 Å². The minimum Gasteiger partial charge on any atom is -0.393 e. The summed E-state index contributed by atoms with van der Waals surface area (Å²) in [6.45, 7) is 8.53. The number of aliphatic hydroxyl groups is 1. The average Bonchev–Trinajstić information content (AvgIpc) is 2.42. The van der Waals surface area contributed by atoms with Crippen LogP contribution in [-0.2, 0) is 9.47 Å². The van der Waals surface area contributed by atoms with E-state index in [-0.39, 0.29) is 6.10 Å². The summed E-state index contributed by atoms with van der Waals surface area (Å²) in [5, 5.41) is 10.2. The second-order valence-corrected chi connectivity index (χ2v) is 6.33. The Hall–Kier alpha value is -0.120. The lowest BCUT2D eigenvalue weighted by atomic mass is 9.87. The van der Waals surface area contributed by atoms with Crippen LogP contribution in [0.15, 0.2) is 0 Å². The van der Waals surface area contributed by atoms with Crippen molar-refractivity contribution in [3.05, 3.63) is 0 Å². The molecule has 1 aliphatic heterocycles. The van der Waals surface area contributed by atoms with Crippen LogP contribution in [0, 0.1) is 11.8 Å². The van der Waals surface area contributed by atoms with Gasteiger partial charge in [-0.25, -0.2) is 0 Å². The van der Waals surface area contributed by atoms with Crippen LogP contribution in [0.4, 0.5) is 0 Å². The van der Waals surface area contributed by atoms with Crippen molar-refractivity contribution < 1.29 is 14.6 Å². The maximum atomic E-state index is 10.2. The average molecular weight is 272 g/mol. The normalized spacial score (nSPS) is 32.8. The first-order valence-electron chi connectivity index (χ1n) is 7.84. The molecule has 1 saturated heterocycles. The summed E-state index contributed by atoms with van der Waals surface area (Å²) >= 11 is 0. The van der Waals surface area contributed by atoms with Crippen molar-refractivity contribution in [1.82, 2.24) is 0 Å². The van der Waals surface area contributed by atoms with Gasteiger partial charge in [-0.3, -0.25) is 0 Å². The van der Waals surface area contributed by atoms with Crippen molar-refractivity contribution >= 4 is 0 Å². The largest absolute Gasteiger partial charge is 0.393 e. The van der Waals surface area contributed by atoms with Gasteiger partial charge in [-0.05, 0) is 44.4 Å². The lowest BCUT2D eigenvalue weighted by Crippen LogP contribution is -2.36. The van der Waals surface area contributed by atoms with Crippen molar-refractivity contribution in [3.63, 3.8) is 0 Å². The molecular formula is C16H32O3. The van der Waals surface area contributed by atoms with E-state index in [0.717, 1.165) is 32.1 Å². The Labute approximate surface area is 118 Å². The van der Waals surface area contributed by atoms with E-state index in [4.69, 9.17) is 9.47 Å². The van der Waals surface area contributed by atoms with Crippen LogP contribution in [0.3, 0.4) is 0 Å². The zero-order valence-corrected chi connectivity index (χ0v) is 13.3. The summed E-state index contributed by atoms with van der Waals surface area (Å²) in [6, 6.07) is 0. The number of methoxy groups -OCH3 is 1. The Morgan fingerprint density at radius 1 is 1.26 bits per heavy atom. The molecule has 0 bridgehead atoms. The van der Waals surface area contributed by atoms with Crippen LogP contribution in [0.25, 0.3) is 0 Å². The molecule has 0 aromatic carbocycles. The molecule has 1 heterocycles. The maximum absolute atomic E-state index is 10.2. The van der Waals surface area contributed by atoms with E-state index in [2.05, 4.69) is 27.7 Å². The topological polar surface area (TPSA) is 38.7 Å². The molecule has 1 N–H and O–H groups in total. The molecule has 19 heavy (non-hydrogen) atoms. The first-order valence-corrected chi connectivity index (χ1v) is 7.84. The molecule has 0 aliphatic carbocycles. The molecule has 114 valence electrons. The van der Waals surface area contributed by atoms with Crippen LogP contribution in [0.2, 0.25) is 0 Å². The molecule has 6 atom stereocenters. The highest BCUT2D eigenvalue weighted by atomic mass is 16.5. The van der Waals surface area contributed by atoms with E-state index in [1.165, 1.54) is 0 Å². The van der Waals surface area contributed by atoms with Gasteiger partial charge in [0.2, 0.25) is 0 Å². The molecule has 1 rings (SSSR count). The Morgan fingerprint density at radius 2 is 1.95 bits per heavy atom. The molecule has 0 aromatic rings. The first-order chi connectivity index (χ1) is 8.97. The second-order valence-electron chi connectivity index (χ2n) is 6.33.